The van der Waals surface area contributed by atoms with Crippen LogP contribution in [0.5, 0.6) is 11.5 Å². The summed E-state index contributed by atoms with van der Waals surface area (Å²) in [5.74, 6) is 1.73. The summed E-state index contributed by atoms with van der Waals surface area (Å²) in [6.07, 6.45) is 6.33. The number of carbonyl (C=O) groups excluding carboxylic acids is 1. The number of rotatable bonds is 10. The van der Waals surface area contributed by atoms with Gasteiger partial charge in [0.2, 0.25) is 0 Å². The van der Waals surface area contributed by atoms with Gasteiger partial charge in [0.05, 0.1) is 26.9 Å². The molecular weight excluding hydrogens is 318 g/mol. The van der Waals surface area contributed by atoms with Crippen molar-refractivity contribution in [2.75, 3.05) is 27.4 Å². The molecule has 1 aromatic rings. The first-order chi connectivity index (χ1) is 12.1. The van der Waals surface area contributed by atoms with Crippen molar-refractivity contribution < 1.29 is 19.0 Å². The van der Waals surface area contributed by atoms with E-state index in [2.05, 4.69) is 5.32 Å². The van der Waals surface area contributed by atoms with Crippen LogP contribution < -0.4 is 14.8 Å². The standard InChI is InChI=1S/C20H31NO4/c1-15(22)10-12-21-17-6-4-5-7-18(17)25-13-11-16-8-9-19(23-2)20(14-16)24-3/h8-9,14,17-18,21H,4-7,10-13H2,1-3H3/t17-,18?/m1/s1. The highest BCUT2D eigenvalue weighted by molar-refractivity contribution is 5.75. The first kappa shape index (κ1) is 19.7. The van der Waals surface area contributed by atoms with Gasteiger partial charge < -0.3 is 19.5 Å². The van der Waals surface area contributed by atoms with Gasteiger partial charge in [-0.25, -0.2) is 0 Å². The van der Waals surface area contributed by atoms with Gasteiger partial charge in [-0.2, -0.15) is 0 Å². The summed E-state index contributed by atoms with van der Waals surface area (Å²) < 4.78 is 16.8. The molecule has 0 aromatic heterocycles. The minimum Gasteiger partial charge on any atom is -0.493 e. The monoisotopic (exact) mass is 349 g/mol. The smallest absolute Gasteiger partial charge is 0.160 e. The van der Waals surface area contributed by atoms with E-state index in [1.54, 1.807) is 21.1 Å². The van der Waals surface area contributed by atoms with Crippen molar-refractivity contribution in [2.24, 2.45) is 0 Å². The van der Waals surface area contributed by atoms with E-state index >= 15 is 0 Å². The molecule has 1 unspecified atom stereocenters. The first-order valence-electron chi connectivity index (χ1n) is 9.19. The van der Waals surface area contributed by atoms with Gasteiger partial charge in [-0.1, -0.05) is 18.9 Å². The van der Waals surface area contributed by atoms with Crippen LogP contribution in [0, 0.1) is 0 Å². The van der Waals surface area contributed by atoms with Crippen LogP contribution >= 0.6 is 0 Å². The number of carbonyl (C=O) groups is 1. The molecule has 1 aliphatic carbocycles. The van der Waals surface area contributed by atoms with Crippen molar-refractivity contribution in [3.63, 3.8) is 0 Å². The summed E-state index contributed by atoms with van der Waals surface area (Å²) in [7, 11) is 3.29. The highest BCUT2D eigenvalue weighted by Gasteiger charge is 2.25. The Morgan fingerprint density at radius 1 is 1.16 bits per heavy atom. The van der Waals surface area contributed by atoms with Crippen LogP contribution in [0.4, 0.5) is 0 Å². The number of hydrogen-bond acceptors (Lipinski definition) is 5. The zero-order chi connectivity index (χ0) is 18.1. The summed E-state index contributed by atoms with van der Waals surface area (Å²) in [5, 5.41) is 3.50. The van der Waals surface area contributed by atoms with Gasteiger partial charge in [0.1, 0.15) is 5.78 Å². The van der Waals surface area contributed by atoms with Crippen LogP contribution in [0.25, 0.3) is 0 Å². The minimum atomic E-state index is 0.231. The van der Waals surface area contributed by atoms with Crippen molar-refractivity contribution in [1.82, 2.24) is 5.32 Å². The molecule has 1 saturated carbocycles. The third-order valence-corrected chi connectivity index (χ3v) is 4.76. The Morgan fingerprint density at radius 2 is 1.92 bits per heavy atom. The molecule has 2 atom stereocenters. The van der Waals surface area contributed by atoms with Crippen molar-refractivity contribution in [3.8, 4) is 11.5 Å². The third-order valence-electron chi connectivity index (χ3n) is 4.76. The van der Waals surface area contributed by atoms with Crippen LogP contribution in [0.15, 0.2) is 18.2 Å². The molecule has 5 heteroatoms. The quantitative estimate of drug-likeness (QED) is 0.703. The molecule has 0 saturated heterocycles. The zero-order valence-corrected chi connectivity index (χ0v) is 15.7. The molecule has 0 bridgehead atoms. The Kier molecular flexibility index (Phi) is 8.22. The van der Waals surface area contributed by atoms with Crippen molar-refractivity contribution >= 4 is 5.78 Å². The van der Waals surface area contributed by atoms with E-state index in [9.17, 15) is 4.79 Å². The van der Waals surface area contributed by atoms with Crippen LogP contribution in [0.3, 0.4) is 0 Å². The SMILES string of the molecule is COc1ccc(CCOC2CCCC[C@H]2NCCC(C)=O)cc1OC. The topological polar surface area (TPSA) is 56.8 Å². The predicted octanol–water partition coefficient (Wildman–Crippen LogP) is 3.14. The number of methoxy groups -OCH3 is 2. The summed E-state index contributed by atoms with van der Waals surface area (Å²) >= 11 is 0. The van der Waals surface area contributed by atoms with E-state index in [0.717, 1.165) is 37.3 Å². The van der Waals surface area contributed by atoms with Gasteiger partial charge >= 0.3 is 0 Å². The highest BCUT2D eigenvalue weighted by atomic mass is 16.5. The Balaban J connectivity index is 1.81. The lowest BCUT2D eigenvalue weighted by molar-refractivity contribution is -0.117. The maximum absolute atomic E-state index is 11.1. The maximum Gasteiger partial charge on any atom is 0.160 e. The fraction of sp³-hybridized carbons (Fsp3) is 0.650. The van der Waals surface area contributed by atoms with E-state index < -0.39 is 0 Å². The molecule has 1 aliphatic rings. The third kappa shape index (κ3) is 6.33. The first-order valence-corrected chi connectivity index (χ1v) is 9.19. The summed E-state index contributed by atoms with van der Waals surface area (Å²) in [6, 6.07) is 6.35. The number of ether oxygens (including phenoxy) is 3. The average Bonchev–Trinajstić information content (AvgIpc) is 2.62. The maximum atomic E-state index is 11.1. The Labute approximate surface area is 151 Å². The van der Waals surface area contributed by atoms with Crippen molar-refractivity contribution in [2.45, 2.75) is 57.6 Å². The van der Waals surface area contributed by atoms with Crippen LogP contribution in [0.1, 0.15) is 44.6 Å². The van der Waals surface area contributed by atoms with Gasteiger partial charge in [0.15, 0.2) is 11.5 Å². The number of ketones is 1. The van der Waals surface area contributed by atoms with E-state index in [4.69, 9.17) is 14.2 Å². The molecule has 5 nitrogen and oxygen atoms in total. The molecular formula is C20H31NO4. The largest absolute Gasteiger partial charge is 0.493 e. The molecule has 140 valence electrons. The number of nitrogens with one attached hydrogen (secondary N) is 1. The lowest BCUT2D eigenvalue weighted by atomic mass is 9.92. The molecule has 0 aliphatic heterocycles. The second kappa shape index (κ2) is 10.4. The van der Waals surface area contributed by atoms with E-state index in [-0.39, 0.29) is 11.9 Å². The normalized spacial score (nSPS) is 20.3. The fourth-order valence-electron chi connectivity index (χ4n) is 3.33. The Hall–Kier alpha value is -1.59. The minimum absolute atomic E-state index is 0.231. The molecule has 0 spiro atoms. The lowest BCUT2D eigenvalue weighted by Crippen LogP contribution is -2.44. The van der Waals surface area contributed by atoms with Gasteiger partial charge in [-0.3, -0.25) is 4.79 Å². The van der Waals surface area contributed by atoms with Crippen LogP contribution in [-0.2, 0) is 16.0 Å². The molecule has 1 N–H and O–H groups in total. The fourth-order valence-corrected chi connectivity index (χ4v) is 3.33. The van der Waals surface area contributed by atoms with Gasteiger partial charge in [0, 0.05) is 19.0 Å². The molecule has 1 aromatic carbocycles. The van der Waals surface area contributed by atoms with Crippen LogP contribution in [-0.4, -0.2) is 45.3 Å². The summed E-state index contributed by atoms with van der Waals surface area (Å²) in [6.45, 7) is 3.07. The molecule has 25 heavy (non-hydrogen) atoms. The molecule has 1 fully saturated rings. The highest BCUT2D eigenvalue weighted by Crippen LogP contribution is 2.28. The van der Waals surface area contributed by atoms with E-state index in [1.165, 1.54) is 18.4 Å². The van der Waals surface area contributed by atoms with E-state index in [0.29, 0.717) is 19.1 Å². The lowest BCUT2D eigenvalue weighted by Gasteiger charge is -2.32. The van der Waals surface area contributed by atoms with Gasteiger partial charge in [0.25, 0.3) is 0 Å². The molecule has 0 heterocycles. The summed E-state index contributed by atoms with van der Waals surface area (Å²) in [5.41, 5.74) is 1.18. The van der Waals surface area contributed by atoms with Gasteiger partial charge in [-0.05, 0) is 43.9 Å². The average molecular weight is 349 g/mol. The van der Waals surface area contributed by atoms with Crippen LogP contribution in [0.2, 0.25) is 0 Å². The number of benzene rings is 1. The summed E-state index contributed by atoms with van der Waals surface area (Å²) in [4.78, 5) is 11.1. The Bertz CT molecular complexity index is 546. The number of Topliss-reactive ketones (excluding diaryl/α,β-unsaturated/α-hetero) is 1. The second-order valence-corrected chi connectivity index (χ2v) is 6.65. The second-order valence-electron chi connectivity index (χ2n) is 6.65. The Morgan fingerprint density at radius 3 is 2.64 bits per heavy atom. The molecule has 0 amide bonds. The van der Waals surface area contributed by atoms with E-state index in [1.807, 2.05) is 18.2 Å². The van der Waals surface area contributed by atoms with Crippen molar-refractivity contribution in [1.29, 1.82) is 0 Å². The predicted molar refractivity (Wildman–Crippen MR) is 98.5 cm³/mol. The van der Waals surface area contributed by atoms with Gasteiger partial charge in [-0.15, -0.1) is 0 Å². The van der Waals surface area contributed by atoms with Crippen molar-refractivity contribution in [3.05, 3.63) is 23.8 Å². The molecule has 0 radical (unpaired) electrons. The number of hydrogen-bond donors (Lipinski definition) is 1. The molecule has 2 rings (SSSR count). The zero-order valence-electron chi connectivity index (χ0n) is 15.7.